The maximum absolute atomic E-state index is 12.6. The van der Waals surface area contributed by atoms with Crippen molar-refractivity contribution in [1.29, 1.82) is 5.26 Å². The number of nitrogens with zero attached hydrogens (tertiary/aromatic N) is 4. The molecule has 15 heteroatoms. The lowest BCUT2D eigenvalue weighted by Gasteiger charge is -2.09. The van der Waals surface area contributed by atoms with Crippen LogP contribution in [0.4, 0.5) is 32.0 Å². The van der Waals surface area contributed by atoms with E-state index in [0.29, 0.717) is 0 Å². The number of benzene rings is 8. The highest BCUT2D eigenvalue weighted by atomic mass is 35.5. The summed E-state index contributed by atoms with van der Waals surface area (Å²) in [5.41, 5.74) is 11.5. The molecule has 416 valence electrons. The Morgan fingerprint density at radius 1 is 0.487 bits per heavy atom. The SMILES string of the molecule is Cc1ccc(Cl)c(F)c1.Cc1ccc(F)c(Cl)c1.Cc1ccc(F)c(F)c1.Cc1ccc(F)cc1.Cc1cccc(-c2ccc(F)cn2)c1.Cc1cccc(C#N)c1.Cc1cccc(C(=O)N(C)C)c1.Cc1cccc([N+](=O)[O-])c1. The predicted molar refractivity (Wildman–Crippen MR) is 312 cm³/mol. The van der Waals surface area contributed by atoms with E-state index in [2.05, 4.69) is 11.1 Å². The van der Waals surface area contributed by atoms with E-state index in [1.54, 1.807) is 86.6 Å². The van der Waals surface area contributed by atoms with E-state index in [-0.39, 0.29) is 44.9 Å². The lowest BCUT2D eigenvalue weighted by molar-refractivity contribution is -0.384. The van der Waals surface area contributed by atoms with Gasteiger partial charge in [0.05, 0.1) is 38.5 Å². The first-order valence-corrected chi connectivity index (χ1v) is 25.2. The average Bonchev–Trinajstić information content (AvgIpc) is 3.42. The van der Waals surface area contributed by atoms with E-state index in [9.17, 15) is 41.3 Å². The summed E-state index contributed by atoms with van der Waals surface area (Å²) in [6.07, 6.45) is 1.23. The zero-order chi connectivity index (χ0) is 59.9. The van der Waals surface area contributed by atoms with Gasteiger partial charge < -0.3 is 4.90 Å². The molecule has 1 heterocycles. The van der Waals surface area contributed by atoms with Crippen LogP contribution in [0.2, 0.25) is 10.0 Å². The second-order valence-electron chi connectivity index (χ2n) is 17.9. The summed E-state index contributed by atoms with van der Waals surface area (Å²) in [6, 6.07) is 54.3. The summed E-state index contributed by atoms with van der Waals surface area (Å²) in [4.78, 5) is 26.8. The number of non-ortho nitro benzene ring substituents is 1. The zero-order valence-corrected chi connectivity index (χ0v) is 47.5. The van der Waals surface area contributed by atoms with Crippen LogP contribution in [-0.2, 0) is 0 Å². The van der Waals surface area contributed by atoms with Crippen LogP contribution in [0.25, 0.3) is 11.3 Å². The van der Waals surface area contributed by atoms with Gasteiger partial charge in [-0.05, 0) is 174 Å². The highest BCUT2D eigenvalue weighted by Crippen LogP contribution is 2.19. The number of halogens is 8. The Balaban J connectivity index is 0.000000314. The number of pyridine rings is 1. The summed E-state index contributed by atoms with van der Waals surface area (Å²) in [5, 5.41) is 18.9. The summed E-state index contributed by atoms with van der Waals surface area (Å²) >= 11 is 10.8. The van der Waals surface area contributed by atoms with Crippen molar-refractivity contribution in [2.75, 3.05) is 14.1 Å². The molecule has 0 spiro atoms. The largest absolute Gasteiger partial charge is 0.345 e. The highest BCUT2D eigenvalue weighted by Gasteiger charge is 2.07. The Kier molecular flexibility index (Phi) is 30.2. The average molecular weight is 1130 g/mol. The molecule has 0 aliphatic carbocycles. The fourth-order valence-electron chi connectivity index (χ4n) is 6.18. The second kappa shape index (κ2) is 35.8. The molecule has 0 unspecified atom stereocenters. The standard InChI is InChI=1S/C12H10FN.C10H13NO.C8H7N.2C7H6ClF.C7H6F2.C7H7F.C7H7NO2/c1-9-3-2-4-10(7-9)12-6-5-11(13)8-14-12;1-8-5-4-6-9(7-8)10(12)11(2)3;1-7-3-2-4-8(5-7)6-9;1-5-2-3-7(9)6(8)4-5;2*1-5-2-3-6(8)7(9)4-5;1-6-2-4-7(8)5-3-6;1-6-3-2-4-7(5-6)8(9)10/h2-8H,1H3;4-7H,1-3H3;2-5H,1H3;3*2-4H,1H3;2-5H,1H3;2-5H,1H3. The molecule has 0 N–H and O–H groups in total. The number of aromatic nitrogens is 1. The molecule has 9 rings (SSSR count). The summed E-state index contributed by atoms with van der Waals surface area (Å²) in [7, 11) is 3.51. The Morgan fingerprint density at radius 3 is 1.38 bits per heavy atom. The van der Waals surface area contributed by atoms with Gasteiger partial charge in [-0.1, -0.05) is 125 Å². The van der Waals surface area contributed by atoms with Crippen LogP contribution in [0, 0.1) is 112 Å². The summed E-state index contributed by atoms with van der Waals surface area (Å²) < 4.78 is 73.8. The molecule has 0 fully saturated rings. The molecule has 9 aromatic rings. The second-order valence-corrected chi connectivity index (χ2v) is 18.7. The predicted octanol–water partition coefficient (Wildman–Crippen LogP) is 18.6. The fraction of sp³-hybridized carbons (Fsp3) is 0.154. The Bertz CT molecular complexity index is 3270. The Morgan fingerprint density at radius 2 is 0.963 bits per heavy atom. The van der Waals surface area contributed by atoms with Crippen molar-refractivity contribution in [1.82, 2.24) is 9.88 Å². The van der Waals surface area contributed by atoms with Crippen LogP contribution in [0.5, 0.6) is 0 Å². The minimum Gasteiger partial charge on any atom is -0.345 e. The van der Waals surface area contributed by atoms with Gasteiger partial charge in [-0.2, -0.15) is 5.26 Å². The number of carbonyl (C=O) groups is 1. The molecular formula is C65H62Cl2F6N4O3. The maximum Gasteiger partial charge on any atom is 0.269 e. The topological polar surface area (TPSA) is 100 Å². The number of rotatable bonds is 3. The van der Waals surface area contributed by atoms with E-state index in [1.165, 1.54) is 54.2 Å². The quantitative estimate of drug-likeness (QED) is 0.0997. The number of nitriles is 1. The first kappa shape index (κ1) is 67.5. The molecule has 0 atom stereocenters. The van der Waals surface area contributed by atoms with Crippen molar-refractivity contribution >= 4 is 34.8 Å². The summed E-state index contributed by atoms with van der Waals surface area (Å²) in [5.74, 6) is -2.70. The van der Waals surface area contributed by atoms with Crippen LogP contribution in [0.1, 0.15) is 60.4 Å². The molecule has 0 aliphatic rings. The van der Waals surface area contributed by atoms with Gasteiger partial charge in [0, 0.05) is 37.4 Å². The van der Waals surface area contributed by atoms with Crippen LogP contribution >= 0.6 is 23.2 Å². The smallest absolute Gasteiger partial charge is 0.269 e. The molecule has 0 saturated heterocycles. The number of carbonyl (C=O) groups excluding carboxylic acids is 1. The van der Waals surface area contributed by atoms with Crippen molar-refractivity contribution in [2.24, 2.45) is 0 Å². The van der Waals surface area contributed by atoms with Gasteiger partial charge in [-0.25, -0.2) is 26.3 Å². The van der Waals surface area contributed by atoms with Gasteiger partial charge in [-0.3, -0.25) is 19.9 Å². The van der Waals surface area contributed by atoms with Gasteiger partial charge in [0.2, 0.25) is 0 Å². The molecule has 8 aromatic carbocycles. The van der Waals surface area contributed by atoms with E-state index >= 15 is 0 Å². The van der Waals surface area contributed by atoms with Crippen molar-refractivity contribution in [3.05, 3.63) is 305 Å². The number of nitro benzene ring substituents is 1. The van der Waals surface area contributed by atoms with E-state index in [0.717, 1.165) is 73.5 Å². The monoisotopic (exact) mass is 1130 g/mol. The Hall–Kier alpha value is -8.57. The molecule has 1 aromatic heterocycles. The molecule has 80 heavy (non-hydrogen) atoms. The third kappa shape index (κ3) is 27.7. The van der Waals surface area contributed by atoms with Gasteiger partial charge in [0.15, 0.2) is 11.6 Å². The summed E-state index contributed by atoms with van der Waals surface area (Å²) in [6.45, 7) is 15.1. The van der Waals surface area contributed by atoms with Crippen LogP contribution < -0.4 is 0 Å². The lowest BCUT2D eigenvalue weighted by atomic mass is 10.1. The molecule has 0 aliphatic heterocycles. The number of nitro groups is 1. The molecule has 7 nitrogen and oxygen atoms in total. The molecule has 0 radical (unpaired) electrons. The van der Waals surface area contributed by atoms with Crippen LogP contribution in [-0.4, -0.2) is 34.8 Å². The van der Waals surface area contributed by atoms with E-state index in [4.69, 9.17) is 28.5 Å². The first-order chi connectivity index (χ1) is 37.8. The van der Waals surface area contributed by atoms with Gasteiger partial charge in [-0.15, -0.1) is 0 Å². The Labute approximate surface area is 475 Å². The molecule has 1 amide bonds. The van der Waals surface area contributed by atoms with Crippen LogP contribution in [0.15, 0.2) is 194 Å². The van der Waals surface area contributed by atoms with Crippen molar-refractivity contribution in [3.63, 3.8) is 0 Å². The lowest BCUT2D eigenvalue weighted by Crippen LogP contribution is -2.21. The minimum absolute atomic E-state index is 0.0544. The van der Waals surface area contributed by atoms with Gasteiger partial charge >= 0.3 is 0 Å². The van der Waals surface area contributed by atoms with Crippen molar-refractivity contribution in [3.8, 4) is 17.3 Å². The van der Waals surface area contributed by atoms with E-state index in [1.807, 2.05) is 121 Å². The van der Waals surface area contributed by atoms with Gasteiger partial charge in [0.1, 0.15) is 23.3 Å². The number of amides is 1. The maximum atomic E-state index is 12.6. The first-order valence-electron chi connectivity index (χ1n) is 24.4. The minimum atomic E-state index is -0.791. The third-order valence-corrected chi connectivity index (χ3v) is 10.9. The zero-order valence-electron chi connectivity index (χ0n) is 46.0. The van der Waals surface area contributed by atoms with Gasteiger partial charge in [0.25, 0.3) is 11.6 Å². The fourth-order valence-corrected chi connectivity index (χ4v) is 6.53. The van der Waals surface area contributed by atoms with E-state index < -0.39 is 16.6 Å². The van der Waals surface area contributed by atoms with Crippen molar-refractivity contribution < 1.29 is 36.1 Å². The molecule has 0 saturated carbocycles. The highest BCUT2D eigenvalue weighted by molar-refractivity contribution is 6.31. The number of hydrogen-bond donors (Lipinski definition) is 0. The van der Waals surface area contributed by atoms with Crippen LogP contribution in [0.3, 0.4) is 0 Å². The number of aryl methyl sites for hydroxylation is 8. The normalized spacial score (nSPS) is 9.51. The third-order valence-electron chi connectivity index (χ3n) is 10.3. The number of hydrogen-bond acceptors (Lipinski definition) is 5. The molecular weight excluding hydrogens is 1070 g/mol. The van der Waals surface area contributed by atoms with Crippen molar-refractivity contribution in [2.45, 2.75) is 55.4 Å². The molecule has 0 bridgehead atoms.